The topological polar surface area (TPSA) is 183 Å². The number of carbonyl (C=O) groups is 1. The van der Waals surface area contributed by atoms with E-state index in [-0.39, 0.29) is 29.2 Å². The minimum atomic E-state index is -4.59. The van der Waals surface area contributed by atoms with Crippen molar-refractivity contribution >= 4 is 79.7 Å². The summed E-state index contributed by atoms with van der Waals surface area (Å²) in [5.41, 5.74) is 6.81. The van der Waals surface area contributed by atoms with Gasteiger partial charge in [0.25, 0.3) is 21.6 Å². The van der Waals surface area contributed by atoms with Crippen molar-refractivity contribution in [2.45, 2.75) is 50.8 Å². The SMILES string of the molecule is CC1(C)CCC(CN2CCN(c3ccc(C(=O)NS(=O)(=O)c4ccc(NCC5CCP(C)(=O)CC5)c([N+](=O)[O-])c4)c(N4CCOc5nc6[nH]ccc6cc54)c3)CC2)=C(c2ccc(Cl)cc2)C1. The predicted octanol–water partition coefficient (Wildman–Crippen LogP) is 9.37. The molecule has 0 atom stereocenters. The van der Waals surface area contributed by atoms with Crippen LogP contribution in [0.15, 0.2) is 89.5 Å². The Labute approximate surface area is 390 Å². The second-order valence-corrected chi connectivity index (χ2v) is 24.7. The first kappa shape index (κ1) is 45.7. The molecule has 3 aliphatic heterocycles. The number of sulfonamides is 1. The van der Waals surface area contributed by atoms with Crippen molar-refractivity contribution in [1.29, 1.82) is 0 Å². The van der Waals surface area contributed by atoms with Crippen molar-refractivity contribution in [1.82, 2.24) is 19.6 Å². The van der Waals surface area contributed by atoms with Crippen LogP contribution in [0.25, 0.3) is 16.6 Å². The predicted molar refractivity (Wildman–Crippen MR) is 262 cm³/mol. The van der Waals surface area contributed by atoms with Crippen molar-refractivity contribution in [3.63, 3.8) is 0 Å². The Kier molecular flexibility index (Phi) is 12.7. The number of aromatic nitrogens is 2. The minimum absolute atomic E-state index is 0.0989. The average molecular weight is 956 g/mol. The summed E-state index contributed by atoms with van der Waals surface area (Å²) in [7, 11) is -6.71. The van der Waals surface area contributed by atoms with Crippen LogP contribution in [0.5, 0.6) is 5.88 Å². The number of nitro benzene ring substituents is 1. The maximum Gasteiger partial charge on any atom is 0.293 e. The van der Waals surface area contributed by atoms with E-state index in [0.717, 1.165) is 87.0 Å². The summed E-state index contributed by atoms with van der Waals surface area (Å²) in [5, 5.41) is 16.9. The zero-order valence-electron chi connectivity index (χ0n) is 37.5. The van der Waals surface area contributed by atoms with Gasteiger partial charge >= 0.3 is 0 Å². The highest BCUT2D eigenvalue weighted by Gasteiger charge is 2.33. The Morgan fingerprint density at radius 3 is 2.50 bits per heavy atom. The lowest BCUT2D eigenvalue weighted by atomic mass is 9.72. The molecule has 2 fully saturated rings. The smallest absolute Gasteiger partial charge is 0.293 e. The van der Waals surface area contributed by atoms with Crippen LogP contribution >= 0.6 is 18.7 Å². The number of allylic oxidation sites excluding steroid dienone is 1. The largest absolute Gasteiger partial charge is 0.474 e. The maximum absolute atomic E-state index is 14.3. The van der Waals surface area contributed by atoms with Gasteiger partial charge in [0.15, 0.2) is 0 Å². The third-order valence-electron chi connectivity index (χ3n) is 13.7. The summed E-state index contributed by atoms with van der Waals surface area (Å²) in [6, 6.07) is 21.0. The Morgan fingerprint density at radius 2 is 1.76 bits per heavy atom. The molecule has 348 valence electrons. The highest BCUT2D eigenvalue weighted by molar-refractivity contribution is 7.90. The number of nitro groups is 1. The molecule has 0 unspecified atom stereocenters. The molecular weight excluding hydrogens is 899 g/mol. The van der Waals surface area contributed by atoms with Gasteiger partial charge in [-0.3, -0.25) is 19.8 Å². The molecule has 2 saturated heterocycles. The number of pyridine rings is 1. The molecule has 0 bridgehead atoms. The van der Waals surface area contributed by atoms with E-state index < -0.39 is 38.6 Å². The number of aromatic amines is 1. The van der Waals surface area contributed by atoms with E-state index in [1.807, 2.05) is 48.0 Å². The first-order valence-corrected chi connectivity index (χ1v) is 27.0. The van der Waals surface area contributed by atoms with Crippen molar-refractivity contribution in [2.24, 2.45) is 11.3 Å². The third kappa shape index (κ3) is 9.97. The number of H-pyrrole nitrogens is 1. The van der Waals surface area contributed by atoms with Gasteiger partial charge in [0.1, 0.15) is 23.6 Å². The summed E-state index contributed by atoms with van der Waals surface area (Å²) in [6.45, 7) is 11.6. The van der Waals surface area contributed by atoms with Gasteiger partial charge in [-0.1, -0.05) is 43.2 Å². The number of piperazine rings is 1. The summed E-state index contributed by atoms with van der Waals surface area (Å²) in [6.07, 6.45) is 7.75. The summed E-state index contributed by atoms with van der Waals surface area (Å²) < 4.78 is 48.5. The van der Waals surface area contributed by atoms with E-state index in [1.54, 1.807) is 12.3 Å². The number of benzene rings is 3. The molecular formula is C48H56ClN8O7PS. The molecule has 9 rings (SSSR count). The van der Waals surface area contributed by atoms with Crippen molar-refractivity contribution in [2.75, 3.05) is 86.5 Å². The lowest BCUT2D eigenvalue weighted by Gasteiger charge is -2.39. The Morgan fingerprint density at radius 1 is 1.00 bits per heavy atom. The standard InChI is InChI=1S/C48H56ClN8O7PS/c1-48(2)16-12-35(40(29-48)33-4-6-36(49)7-5-33)31-54-18-20-55(21-19-54)37-8-10-39(42(27-37)56-22-23-64-47-44(56)26-34-13-17-50-45(34)52-47)46(58)53-66(62,63)38-9-11-41(43(28-38)57(59)60)51-30-32-14-24-65(3,61)25-15-32/h4-11,13,17,26-28,32,51H,12,14-16,18-25,29-31H2,1-3H3,(H,50,52)(H,53,58). The van der Waals surface area contributed by atoms with Crippen LogP contribution in [0.4, 0.5) is 28.4 Å². The molecule has 3 aromatic carbocycles. The Balaban J connectivity index is 0.965. The van der Waals surface area contributed by atoms with Crippen molar-refractivity contribution in [3.8, 4) is 5.88 Å². The first-order chi connectivity index (χ1) is 31.5. The number of hydrogen-bond acceptors (Lipinski definition) is 12. The normalized spacial score (nSPS) is 21.3. The number of carbonyl (C=O) groups excluding carboxylic acids is 1. The van der Waals surface area contributed by atoms with E-state index in [0.29, 0.717) is 48.3 Å². The fourth-order valence-corrected chi connectivity index (χ4v) is 12.9. The average Bonchev–Trinajstić information content (AvgIpc) is 3.76. The zero-order chi connectivity index (χ0) is 46.4. The zero-order valence-corrected chi connectivity index (χ0v) is 40.0. The van der Waals surface area contributed by atoms with Crippen LogP contribution in [0.2, 0.25) is 5.02 Å². The molecule has 4 aliphatic rings. The van der Waals surface area contributed by atoms with Gasteiger partial charge in [-0.2, -0.15) is 4.98 Å². The number of nitrogens with zero attached hydrogens (tertiary/aromatic N) is 5. The van der Waals surface area contributed by atoms with E-state index in [4.69, 9.17) is 21.3 Å². The highest BCUT2D eigenvalue weighted by Crippen LogP contribution is 2.48. The number of amides is 1. The lowest BCUT2D eigenvalue weighted by Crippen LogP contribution is -2.47. The van der Waals surface area contributed by atoms with Crippen molar-refractivity contribution in [3.05, 3.63) is 111 Å². The highest BCUT2D eigenvalue weighted by atomic mass is 35.5. The third-order valence-corrected chi connectivity index (χ3v) is 17.7. The minimum Gasteiger partial charge on any atom is -0.474 e. The van der Waals surface area contributed by atoms with Crippen molar-refractivity contribution < 1.29 is 27.4 Å². The molecule has 5 heterocycles. The summed E-state index contributed by atoms with van der Waals surface area (Å²) in [5.74, 6) is -0.321. The number of anilines is 4. The van der Waals surface area contributed by atoms with Gasteiger partial charge < -0.3 is 29.4 Å². The molecule has 5 aromatic rings. The van der Waals surface area contributed by atoms with Crippen LogP contribution < -0.4 is 24.6 Å². The van der Waals surface area contributed by atoms with E-state index in [9.17, 15) is 27.9 Å². The number of halogens is 1. The second-order valence-electron chi connectivity index (χ2n) is 19.1. The number of fused-ring (bicyclic) bond motifs is 2. The molecule has 2 aromatic heterocycles. The van der Waals surface area contributed by atoms with Crippen LogP contribution in [0.3, 0.4) is 0 Å². The Hall–Kier alpha value is -5.41. The summed E-state index contributed by atoms with van der Waals surface area (Å²) in [4.78, 5) is 40.1. The lowest BCUT2D eigenvalue weighted by molar-refractivity contribution is -0.384. The molecule has 0 spiro atoms. The van der Waals surface area contributed by atoms with Gasteiger partial charge in [0, 0.05) is 80.0 Å². The molecule has 15 nitrogen and oxygen atoms in total. The van der Waals surface area contributed by atoms with Gasteiger partial charge in [-0.25, -0.2) is 13.1 Å². The van der Waals surface area contributed by atoms with E-state index >= 15 is 0 Å². The number of rotatable bonds is 12. The maximum atomic E-state index is 14.3. The molecule has 1 amide bonds. The van der Waals surface area contributed by atoms with Gasteiger partial charge in [0.2, 0.25) is 5.88 Å². The fraction of sp³-hybridized carbons (Fsp3) is 0.417. The number of nitrogens with one attached hydrogen (secondary N) is 3. The fourth-order valence-electron chi connectivity index (χ4n) is 9.73. The number of ether oxygens (including phenoxy) is 1. The summed E-state index contributed by atoms with van der Waals surface area (Å²) >= 11 is 6.27. The molecule has 3 N–H and O–H groups in total. The van der Waals surface area contributed by atoms with E-state index in [2.05, 4.69) is 50.8 Å². The van der Waals surface area contributed by atoms with Crippen LogP contribution in [0, 0.1) is 21.4 Å². The van der Waals surface area contributed by atoms with Crippen LogP contribution in [0.1, 0.15) is 61.9 Å². The molecule has 66 heavy (non-hydrogen) atoms. The molecule has 0 radical (unpaired) electrons. The Bertz CT molecular complexity index is 2870. The number of hydrogen-bond donors (Lipinski definition) is 3. The van der Waals surface area contributed by atoms with Crippen LogP contribution in [-0.2, 0) is 14.6 Å². The quantitative estimate of drug-likeness (QED) is 0.0613. The first-order valence-electron chi connectivity index (χ1n) is 22.6. The second kappa shape index (κ2) is 18.3. The van der Waals surface area contributed by atoms with Crippen LogP contribution in [-0.4, -0.2) is 106 Å². The van der Waals surface area contributed by atoms with Gasteiger partial charge in [0.05, 0.1) is 34.8 Å². The monoisotopic (exact) mass is 954 g/mol. The molecule has 0 saturated carbocycles. The van der Waals surface area contributed by atoms with Gasteiger partial charge in [-0.05, 0) is 116 Å². The molecule has 18 heteroatoms. The van der Waals surface area contributed by atoms with E-state index in [1.165, 1.54) is 28.8 Å². The van der Waals surface area contributed by atoms with Gasteiger partial charge in [-0.15, -0.1) is 0 Å². The molecule has 1 aliphatic carbocycles.